The van der Waals surface area contributed by atoms with E-state index < -0.39 is 0 Å². The first-order valence-corrected chi connectivity index (χ1v) is 7.27. The van der Waals surface area contributed by atoms with Gasteiger partial charge in [0.2, 0.25) is 0 Å². The lowest BCUT2D eigenvalue weighted by atomic mass is 9.62. The summed E-state index contributed by atoms with van der Waals surface area (Å²) in [6.07, 6.45) is 8.25. The highest BCUT2D eigenvalue weighted by Crippen LogP contribution is 2.62. The summed E-state index contributed by atoms with van der Waals surface area (Å²) in [5.74, 6) is 2.43. The van der Waals surface area contributed by atoms with Crippen molar-refractivity contribution in [3.05, 3.63) is 33.1 Å². The lowest BCUT2D eigenvalue weighted by Gasteiger charge is -2.47. The normalized spacial score (nSPS) is 44.7. The van der Waals surface area contributed by atoms with Gasteiger partial charge in [0.15, 0.2) is 0 Å². The number of hydrogen-bond acceptors (Lipinski definition) is 2. The van der Waals surface area contributed by atoms with E-state index in [9.17, 15) is 9.59 Å². The maximum Gasteiger partial charge on any atom is 0.347 e. The van der Waals surface area contributed by atoms with E-state index in [2.05, 4.69) is 12.2 Å². The maximum atomic E-state index is 12.2. The molecule has 5 nitrogen and oxygen atoms in total. The third kappa shape index (κ3) is 0.945. The summed E-state index contributed by atoms with van der Waals surface area (Å²) in [5.41, 5.74) is -0.247. The number of rotatable bonds is 0. The van der Waals surface area contributed by atoms with Crippen LogP contribution in [0.5, 0.6) is 0 Å². The van der Waals surface area contributed by atoms with Gasteiger partial charge in [0, 0.05) is 7.05 Å². The van der Waals surface area contributed by atoms with E-state index >= 15 is 0 Å². The molecule has 0 radical (unpaired) electrons. The average Bonchev–Trinajstić information content (AvgIpc) is 3.09. The highest BCUT2D eigenvalue weighted by molar-refractivity contribution is 5.18. The highest BCUT2D eigenvalue weighted by Gasteiger charge is 2.59. The molecule has 0 aromatic carbocycles. The second-order valence-corrected chi connectivity index (χ2v) is 6.63. The van der Waals surface area contributed by atoms with Gasteiger partial charge in [-0.15, -0.1) is 0 Å². The fraction of sp³-hybridized carbons (Fsp3) is 0.714. The van der Waals surface area contributed by atoms with Crippen LogP contribution in [0.15, 0.2) is 21.7 Å². The highest BCUT2D eigenvalue weighted by atomic mass is 16.2. The first kappa shape index (κ1) is 10.3. The summed E-state index contributed by atoms with van der Waals surface area (Å²) in [6, 6.07) is 0.517. The van der Waals surface area contributed by atoms with Crippen LogP contribution >= 0.6 is 0 Å². The van der Waals surface area contributed by atoms with Crippen LogP contribution in [0, 0.1) is 23.7 Å². The fourth-order valence-electron chi connectivity index (χ4n) is 5.42. The molecule has 1 aliphatic heterocycles. The number of aromatic nitrogens is 3. The second-order valence-electron chi connectivity index (χ2n) is 6.63. The minimum absolute atomic E-state index is 0.124. The Bertz CT molecular complexity index is 665. The molecule has 1 aromatic heterocycles. The molecule has 2 saturated carbocycles. The molecule has 6 atom stereocenters. The molecular weight excluding hydrogens is 242 g/mol. The Kier molecular flexibility index (Phi) is 1.61. The monoisotopic (exact) mass is 259 g/mol. The summed E-state index contributed by atoms with van der Waals surface area (Å²) >= 11 is 0. The van der Waals surface area contributed by atoms with Gasteiger partial charge in [0.05, 0.1) is 12.1 Å². The standard InChI is InChI=1S/C14H17N3O2/c1-15-13(18)16-9-6-10(17(16)14(15)19)12-8-3-2-7(4-5-8)11(9)12/h2-3,7-12H,4-6H2,1H3. The zero-order valence-electron chi connectivity index (χ0n) is 10.9. The number of nitrogens with zero attached hydrogens (tertiary/aromatic N) is 3. The lowest BCUT2D eigenvalue weighted by Crippen LogP contribution is -2.46. The maximum absolute atomic E-state index is 12.2. The Balaban J connectivity index is 1.78. The average molecular weight is 259 g/mol. The van der Waals surface area contributed by atoms with Crippen molar-refractivity contribution in [1.29, 1.82) is 0 Å². The molecule has 5 heteroatoms. The van der Waals surface area contributed by atoms with Gasteiger partial charge in [0.1, 0.15) is 0 Å². The topological polar surface area (TPSA) is 48.9 Å². The molecule has 6 rings (SSSR count). The van der Waals surface area contributed by atoms with Gasteiger partial charge in [-0.3, -0.25) is 0 Å². The van der Waals surface area contributed by atoms with E-state index in [1.54, 1.807) is 16.4 Å². The van der Waals surface area contributed by atoms with E-state index in [4.69, 9.17) is 0 Å². The minimum Gasteiger partial charge on any atom is -0.246 e. The predicted octanol–water partition coefficient (Wildman–Crippen LogP) is 0.676. The van der Waals surface area contributed by atoms with Crippen molar-refractivity contribution in [2.75, 3.05) is 0 Å². The summed E-state index contributed by atoms with van der Waals surface area (Å²) in [6.45, 7) is 0. The summed E-state index contributed by atoms with van der Waals surface area (Å²) < 4.78 is 4.80. The van der Waals surface area contributed by atoms with Gasteiger partial charge in [-0.25, -0.2) is 23.5 Å². The van der Waals surface area contributed by atoms with Crippen molar-refractivity contribution in [3.63, 3.8) is 0 Å². The third-order valence-electron chi connectivity index (χ3n) is 6.07. The molecule has 0 spiro atoms. The Morgan fingerprint density at radius 1 is 0.947 bits per heavy atom. The van der Waals surface area contributed by atoms with E-state index in [-0.39, 0.29) is 23.5 Å². The molecule has 1 aromatic rings. The Morgan fingerprint density at radius 2 is 1.42 bits per heavy atom. The van der Waals surface area contributed by atoms with Crippen LogP contribution in [0.1, 0.15) is 31.3 Å². The summed E-state index contributed by atoms with van der Waals surface area (Å²) in [5, 5.41) is 0. The molecule has 19 heavy (non-hydrogen) atoms. The molecule has 0 amide bonds. The van der Waals surface area contributed by atoms with Crippen molar-refractivity contribution in [1.82, 2.24) is 13.9 Å². The van der Waals surface area contributed by atoms with Crippen molar-refractivity contribution >= 4 is 0 Å². The van der Waals surface area contributed by atoms with E-state index in [1.807, 2.05) is 0 Å². The molecule has 100 valence electrons. The first-order valence-electron chi connectivity index (χ1n) is 7.27. The van der Waals surface area contributed by atoms with Crippen LogP contribution in [-0.2, 0) is 7.05 Å². The second kappa shape index (κ2) is 2.97. The Hall–Kier alpha value is -1.52. The molecule has 2 fully saturated rings. The fourth-order valence-corrected chi connectivity index (χ4v) is 5.42. The van der Waals surface area contributed by atoms with Crippen LogP contribution in [0.25, 0.3) is 0 Å². The smallest absolute Gasteiger partial charge is 0.246 e. The molecule has 2 heterocycles. The first-order chi connectivity index (χ1) is 9.18. The molecule has 4 bridgehead atoms. The third-order valence-corrected chi connectivity index (χ3v) is 6.07. The summed E-state index contributed by atoms with van der Waals surface area (Å²) in [4.78, 5) is 24.5. The van der Waals surface area contributed by atoms with Crippen LogP contribution in [-0.4, -0.2) is 13.9 Å². The number of allylic oxidation sites excluding steroid dienone is 2. The van der Waals surface area contributed by atoms with Crippen molar-refractivity contribution in [2.24, 2.45) is 30.7 Å². The molecule has 0 N–H and O–H groups in total. The van der Waals surface area contributed by atoms with Gasteiger partial charge in [-0.05, 0) is 42.9 Å². The predicted molar refractivity (Wildman–Crippen MR) is 69.0 cm³/mol. The molecule has 6 unspecified atom stereocenters. The Labute approximate surface area is 110 Å². The zero-order chi connectivity index (χ0) is 12.9. The molecular formula is C14H17N3O2. The molecule has 0 saturated heterocycles. The van der Waals surface area contributed by atoms with Crippen LogP contribution < -0.4 is 11.4 Å². The Morgan fingerprint density at radius 3 is 1.84 bits per heavy atom. The van der Waals surface area contributed by atoms with Gasteiger partial charge in [0.25, 0.3) is 0 Å². The van der Waals surface area contributed by atoms with Gasteiger partial charge >= 0.3 is 11.4 Å². The SMILES string of the molecule is Cn1c(=O)n2n(c1=O)C1CC2C2C3C=CC(CC3)C21. The van der Waals surface area contributed by atoms with Gasteiger partial charge < -0.3 is 0 Å². The molecule has 4 aliphatic carbocycles. The van der Waals surface area contributed by atoms with Gasteiger partial charge in [-0.1, -0.05) is 12.2 Å². The quantitative estimate of drug-likeness (QED) is 0.643. The largest absolute Gasteiger partial charge is 0.347 e. The van der Waals surface area contributed by atoms with Crippen molar-refractivity contribution < 1.29 is 0 Å². The van der Waals surface area contributed by atoms with E-state index in [0.29, 0.717) is 23.7 Å². The van der Waals surface area contributed by atoms with Crippen LogP contribution in [0.3, 0.4) is 0 Å². The summed E-state index contributed by atoms with van der Waals surface area (Å²) in [7, 11) is 1.60. The molecule has 5 aliphatic rings. The number of fused-ring (bicyclic) bond motifs is 6. The van der Waals surface area contributed by atoms with Gasteiger partial charge in [-0.2, -0.15) is 0 Å². The minimum atomic E-state index is -0.124. The van der Waals surface area contributed by atoms with Crippen LogP contribution in [0.2, 0.25) is 0 Å². The van der Waals surface area contributed by atoms with Crippen molar-refractivity contribution in [3.8, 4) is 0 Å². The van der Waals surface area contributed by atoms with Crippen LogP contribution in [0.4, 0.5) is 0 Å². The van der Waals surface area contributed by atoms with Crippen molar-refractivity contribution in [2.45, 2.75) is 31.3 Å². The zero-order valence-corrected chi connectivity index (χ0v) is 10.9. The number of hydrogen-bond donors (Lipinski definition) is 0. The lowest BCUT2D eigenvalue weighted by molar-refractivity contribution is 0.0584. The van der Waals surface area contributed by atoms with E-state index in [1.165, 1.54) is 17.4 Å². The van der Waals surface area contributed by atoms with E-state index in [0.717, 1.165) is 6.42 Å².